The lowest BCUT2D eigenvalue weighted by molar-refractivity contribution is -0.142. The number of allylic oxidation sites excluding steroid dienone is 1. The van der Waals surface area contributed by atoms with E-state index in [9.17, 15) is 19.5 Å². The van der Waals surface area contributed by atoms with Crippen molar-refractivity contribution in [3.05, 3.63) is 101 Å². The molecule has 0 aliphatic rings. The maximum absolute atomic E-state index is 12.8. The number of aliphatic carboxylic acids is 2. The maximum Gasteiger partial charge on any atom is 0.318 e. The summed E-state index contributed by atoms with van der Waals surface area (Å²) in [5, 5.41) is 19.4. The van der Waals surface area contributed by atoms with Gasteiger partial charge in [-0.1, -0.05) is 79.6 Å². The van der Waals surface area contributed by atoms with Gasteiger partial charge in [-0.25, -0.2) is 0 Å². The van der Waals surface area contributed by atoms with Crippen LogP contribution < -0.4 is 11.5 Å². The number of carbonyl (C=O) groups excluding carboxylic acids is 1. The SMILES string of the molecule is Nc1ccc(C(CCCCCC(=O)O)(C(=O)O)c2ccc(C=CC(=O)c3ccccc3)cc2)c(N)c1. The monoisotopic (exact) mass is 486 g/mol. The number of carboxylic acids is 2. The van der Waals surface area contributed by atoms with Gasteiger partial charge in [-0.05, 0) is 47.7 Å². The Morgan fingerprint density at radius 2 is 1.53 bits per heavy atom. The van der Waals surface area contributed by atoms with Gasteiger partial charge in [0.25, 0.3) is 0 Å². The first-order valence-corrected chi connectivity index (χ1v) is 11.7. The van der Waals surface area contributed by atoms with Crippen LogP contribution in [0.4, 0.5) is 11.4 Å². The standard InChI is InChI=1S/C29H30N2O5/c30-23-15-16-24(25(31)19-23)29(28(35)36,18-6-2-5-9-27(33)34)22-13-10-20(11-14-22)12-17-26(32)21-7-3-1-4-8-21/h1,3-4,7-8,10-17,19H,2,5-6,9,18,30-31H2,(H,33,34)(H,35,36). The number of hydrogen-bond donors (Lipinski definition) is 4. The van der Waals surface area contributed by atoms with Gasteiger partial charge in [-0.3, -0.25) is 14.4 Å². The summed E-state index contributed by atoms with van der Waals surface area (Å²) in [6, 6.07) is 20.7. The number of ketones is 1. The Morgan fingerprint density at radius 3 is 2.14 bits per heavy atom. The summed E-state index contributed by atoms with van der Waals surface area (Å²) in [6.07, 6.45) is 4.96. The lowest BCUT2D eigenvalue weighted by Gasteiger charge is -2.32. The van der Waals surface area contributed by atoms with Crippen molar-refractivity contribution in [2.45, 2.75) is 37.5 Å². The molecule has 7 nitrogen and oxygen atoms in total. The molecular weight excluding hydrogens is 456 g/mol. The number of carbonyl (C=O) groups is 3. The molecule has 3 rings (SSSR count). The van der Waals surface area contributed by atoms with Crippen molar-refractivity contribution < 1.29 is 24.6 Å². The van der Waals surface area contributed by atoms with E-state index >= 15 is 0 Å². The number of nitrogens with two attached hydrogens (primary N) is 2. The van der Waals surface area contributed by atoms with Crippen LogP contribution >= 0.6 is 0 Å². The topological polar surface area (TPSA) is 144 Å². The summed E-state index contributed by atoms with van der Waals surface area (Å²) >= 11 is 0. The largest absolute Gasteiger partial charge is 0.481 e. The third kappa shape index (κ3) is 6.18. The molecule has 36 heavy (non-hydrogen) atoms. The van der Waals surface area contributed by atoms with Crippen LogP contribution in [0.3, 0.4) is 0 Å². The van der Waals surface area contributed by atoms with Crippen molar-refractivity contribution in [2.24, 2.45) is 0 Å². The van der Waals surface area contributed by atoms with E-state index in [2.05, 4.69) is 0 Å². The second-order valence-electron chi connectivity index (χ2n) is 8.70. The van der Waals surface area contributed by atoms with Crippen LogP contribution in [0.5, 0.6) is 0 Å². The van der Waals surface area contributed by atoms with Crippen LogP contribution in [0.25, 0.3) is 6.08 Å². The lowest BCUT2D eigenvalue weighted by atomic mass is 9.70. The van der Waals surface area contributed by atoms with Crippen molar-refractivity contribution in [2.75, 3.05) is 11.5 Å². The Kier molecular flexibility index (Phi) is 8.62. The zero-order valence-electron chi connectivity index (χ0n) is 19.9. The molecular formula is C29H30N2O5. The van der Waals surface area contributed by atoms with E-state index in [1.165, 1.54) is 6.08 Å². The van der Waals surface area contributed by atoms with Crippen LogP contribution in [-0.4, -0.2) is 27.9 Å². The van der Waals surface area contributed by atoms with E-state index in [-0.39, 0.29) is 24.3 Å². The predicted octanol–water partition coefficient (Wildman–Crippen LogP) is 5.15. The fraction of sp³-hybridized carbons (Fsp3) is 0.207. The summed E-state index contributed by atoms with van der Waals surface area (Å²) in [5.41, 5.74) is 13.7. The van der Waals surface area contributed by atoms with E-state index in [0.29, 0.717) is 41.6 Å². The number of nitrogen functional groups attached to an aromatic ring is 2. The van der Waals surface area contributed by atoms with Gasteiger partial charge < -0.3 is 21.7 Å². The summed E-state index contributed by atoms with van der Waals surface area (Å²) in [6.45, 7) is 0. The van der Waals surface area contributed by atoms with Crippen LogP contribution in [0.1, 0.15) is 59.2 Å². The fourth-order valence-corrected chi connectivity index (χ4v) is 4.34. The van der Waals surface area contributed by atoms with E-state index in [4.69, 9.17) is 16.6 Å². The summed E-state index contributed by atoms with van der Waals surface area (Å²) in [5.74, 6) is -2.06. The predicted molar refractivity (Wildman–Crippen MR) is 141 cm³/mol. The first kappa shape index (κ1) is 26.2. The first-order valence-electron chi connectivity index (χ1n) is 11.7. The third-order valence-electron chi connectivity index (χ3n) is 6.23. The molecule has 186 valence electrons. The van der Waals surface area contributed by atoms with Crippen LogP contribution in [0, 0.1) is 0 Å². The Hall–Kier alpha value is -4.39. The molecule has 3 aromatic carbocycles. The summed E-state index contributed by atoms with van der Waals surface area (Å²) in [7, 11) is 0. The van der Waals surface area contributed by atoms with Crippen molar-refractivity contribution in [3.63, 3.8) is 0 Å². The van der Waals surface area contributed by atoms with Crippen molar-refractivity contribution in [1.29, 1.82) is 0 Å². The molecule has 0 heterocycles. The Labute approximate surface area is 210 Å². The number of rotatable bonds is 12. The fourth-order valence-electron chi connectivity index (χ4n) is 4.34. The average molecular weight is 487 g/mol. The average Bonchev–Trinajstić information content (AvgIpc) is 2.86. The highest BCUT2D eigenvalue weighted by Crippen LogP contribution is 2.41. The molecule has 6 N–H and O–H groups in total. The lowest BCUT2D eigenvalue weighted by Crippen LogP contribution is -2.38. The third-order valence-corrected chi connectivity index (χ3v) is 6.23. The van der Waals surface area contributed by atoms with Crippen LogP contribution in [0.15, 0.2) is 78.9 Å². The molecule has 0 spiro atoms. The van der Waals surface area contributed by atoms with Crippen molar-refractivity contribution in [1.82, 2.24) is 0 Å². The van der Waals surface area contributed by atoms with Gasteiger partial charge in [0.1, 0.15) is 5.41 Å². The van der Waals surface area contributed by atoms with E-state index in [1.54, 1.807) is 72.8 Å². The van der Waals surface area contributed by atoms with Crippen LogP contribution in [-0.2, 0) is 15.0 Å². The molecule has 1 atom stereocenters. The van der Waals surface area contributed by atoms with Gasteiger partial charge in [0.05, 0.1) is 0 Å². The van der Waals surface area contributed by atoms with Gasteiger partial charge in [-0.2, -0.15) is 0 Å². The van der Waals surface area contributed by atoms with Gasteiger partial charge >= 0.3 is 11.9 Å². The highest BCUT2D eigenvalue weighted by atomic mass is 16.4. The zero-order valence-corrected chi connectivity index (χ0v) is 19.9. The number of benzene rings is 3. The van der Waals surface area contributed by atoms with Gasteiger partial charge in [0.15, 0.2) is 5.78 Å². The van der Waals surface area contributed by atoms with Crippen molar-refractivity contribution >= 4 is 35.2 Å². The van der Waals surface area contributed by atoms with E-state index in [0.717, 1.165) is 5.56 Å². The minimum absolute atomic E-state index is 0.0345. The Morgan fingerprint density at radius 1 is 0.833 bits per heavy atom. The molecule has 0 saturated carbocycles. The minimum Gasteiger partial charge on any atom is -0.481 e. The summed E-state index contributed by atoms with van der Waals surface area (Å²) < 4.78 is 0. The number of hydrogen-bond acceptors (Lipinski definition) is 5. The molecule has 1 unspecified atom stereocenters. The first-order chi connectivity index (χ1) is 17.2. The Balaban J connectivity index is 1.93. The highest BCUT2D eigenvalue weighted by Gasteiger charge is 2.43. The molecule has 0 radical (unpaired) electrons. The molecule has 0 aliphatic heterocycles. The van der Waals surface area contributed by atoms with Gasteiger partial charge in [0, 0.05) is 23.4 Å². The van der Waals surface area contributed by atoms with E-state index < -0.39 is 17.4 Å². The van der Waals surface area contributed by atoms with Gasteiger partial charge in [-0.15, -0.1) is 0 Å². The molecule has 0 amide bonds. The maximum atomic E-state index is 12.8. The molecule has 3 aromatic rings. The van der Waals surface area contributed by atoms with Gasteiger partial charge in [0.2, 0.25) is 0 Å². The number of anilines is 2. The van der Waals surface area contributed by atoms with Crippen molar-refractivity contribution in [3.8, 4) is 0 Å². The second kappa shape index (κ2) is 11.8. The summed E-state index contributed by atoms with van der Waals surface area (Å²) in [4.78, 5) is 36.1. The Bertz CT molecular complexity index is 1250. The molecule has 0 saturated heterocycles. The quantitative estimate of drug-likeness (QED) is 0.120. The van der Waals surface area contributed by atoms with Crippen LogP contribution in [0.2, 0.25) is 0 Å². The normalized spacial score (nSPS) is 12.8. The smallest absolute Gasteiger partial charge is 0.318 e. The molecule has 0 bridgehead atoms. The highest BCUT2D eigenvalue weighted by molar-refractivity contribution is 6.06. The molecule has 0 aliphatic carbocycles. The number of carboxylic acid groups (broad SMARTS) is 2. The van der Waals surface area contributed by atoms with E-state index in [1.807, 2.05) is 6.07 Å². The zero-order chi connectivity index (χ0) is 26.1. The molecule has 0 aromatic heterocycles. The molecule has 7 heteroatoms. The number of unbranched alkanes of at least 4 members (excludes halogenated alkanes) is 2. The second-order valence-corrected chi connectivity index (χ2v) is 8.70. The minimum atomic E-state index is -1.44. The molecule has 0 fully saturated rings.